The maximum absolute atomic E-state index is 14.1. The molecule has 2 aliphatic rings. The van der Waals surface area contributed by atoms with Gasteiger partial charge in [0.2, 0.25) is 0 Å². The number of nitrogens with one attached hydrogen (secondary N) is 1. The van der Waals surface area contributed by atoms with E-state index in [0.717, 1.165) is 32.1 Å². The number of rotatable bonds is 6. The molecule has 0 saturated carbocycles. The van der Waals surface area contributed by atoms with Gasteiger partial charge in [-0.1, -0.05) is 30.3 Å². The minimum atomic E-state index is -0.579. The number of likely N-dealkylation sites (tertiary alicyclic amines) is 1. The molecule has 0 aromatic heterocycles. The minimum Gasteiger partial charge on any atom is -0.365 e. The summed E-state index contributed by atoms with van der Waals surface area (Å²) in [5.74, 6) is -0.493. The molecule has 178 valence electrons. The quantitative estimate of drug-likeness (QED) is 0.696. The lowest BCUT2D eigenvalue weighted by molar-refractivity contribution is 0.162. The molecule has 5 nitrogen and oxygen atoms in total. The summed E-state index contributed by atoms with van der Waals surface area (Å²) in [5, 5.41) is 3.09. The van der Waals surface area contributed by atoms with E-state index in [4.69, 9.17) is 0 Å². The van der Waals surface area contributed by atoms with E-state index in [9.17, 15) is 13.6 Å². The number of carbonyl (C=O) groups is 1. The zero-order valence-corrected chi connectivity index (χ0v) is 19.4. The topological polar surface area (TPSA) is 38.8 Å². The highest BCUT2D eigenvalue weighted by atomic mass is 19.1. The van der Waals surface area contributed by atoms with Gasteiger partial charge in [-0.15, -0.1) is 0 Å². The molecule has 4 rings (SSSR count). The zero-order valence-electron chi connectivity index (χ0n) is 19.4. The van der Waals surface area contributed by atoms with Crippen LogP contribution in [0.5, 0.6) is 0 Å². The first-order valence-corrected chi connectivity index (χ1v) is 12.0. The van der Waals surface area contributed by atoms with Crippen molar-refractivity contribution < 1.29 is 13.6 Å². The number of carbonyl (C=O) groups excluding carboxylic acids is 1. The maximum atomic E-state index is 14.1. The van der Waals surface area contributed by atoms with E-state index in [1.165, 1.54) is 30.5 Å². The van der Waals surface area contributed by atoms with Crippen molar-refractivity contribution >= 4 is 11.7 Å². The molecule has 0 radical (unpaired) electrons. The molecule has 2 aromatic carbocycles. The lowest BCUT2D eigenvalue weighted by Crippen LogP contribution is -2.57. The van der Waals surface area contributed by atoms with Crippen LogP contribution in [0.4, 0.5) is 19.3 Å². The maximum Gasteiger partial charge on any atom is 0.317 e. The van der Waals surface area contributed by atoms with Crippen molar-refractivity contribution in [3.05, 3.63) is 65.7 Å². The van der Waals surface area contributed by atoms with Crippen LogP contribution in [0, 0.1) is 17.6 Å². The van der Waals surface area contributed by atoms with E-state index in [1.54, 1.807) is 0 Å². The van der Waals surface area contributed by atoms with Crippen LogP contribution in [0.1, 0.15) is 31.7 Å². The molecule has 0 spiro atoms. The van der Waals surface area contributed by atoms with Crippen LogP contribution in [-0.2, 0) is 6.54 Å². The van der Waals surface area contributed by atoms with Gasteiger partial charge >= 0.3 is 6.03 Å². The van der Waals surface area contributed by atoms with Crippen molar-refractivity contribution in [3.8, 4) is 0 Å². The van der Waals surface area contributed by atoms with Crippen molar-refractivity contribution in [1.82, 2.24) is 15.1 Å². The third-order valence-corrected chi connectivity index (χ3v) is 6.92. The predicted octanol–water partition coefficient (Wildman–Crippen LogP) is 4.49. The van der Waals surface area contributed by atoms with Gasteiger partial charge in [0.1, 0.15) is 11.6 Å². The van der Waals surface area contributed by atoms with Gasteiger partial charge in [-0.2, -0.15) is 0 Å². The number of hydrogen-bond acceptors (Lipinski definition) is 3. The largest absolute Gasteiger partial charge is 0.365 e. The third kappa shape index (κ3) is 6.22. The zero-order chi connectivity index (χ0) is 23.2. The fourth-order valence-corrected chi connectivity index (χ4v) is 4.98. The van der Waals surface area contributed by atoms with E-state index < -0.39 is 11.6 Å². The lowest BCUT2D eigenvalue weighted by Gasteiger charge is -2.41. The summed E-state index contributed by atoms with van der Waals surface area (Å²) in [6, 6.07) is 14.1. The number of urea groups is 1. The number of anilines is 1. The number of piperazine rings is 1. The van der Waals surface area contributed by atoms with E-state index in [0.29, 0.717) is 37.8 Å². The number of hydrogen-bond donors (Lipinski definition) is 1. The lowest BCUT2D eigenvalue weighted by atomic mass is 9.93. The molecular weight excluding hydrogens is 422 g/mol. The van der Waals surface area contributed by atoms with Gasteiger partial charge in [0, 0.05) is 44.8 Å². The number of amides is 2. The Kier molecular flexibility index (Phi) is 7.81. The molecule has 2 amide bonds. The SMILES string of the molecule is C[C@@H]1CN(c2ccc(F)cc2F)CCN1C(=O)NCCC1CCN(Cc2ccccc2)CC1. The van der Waals surface area contributed by atoms with E-state index >= 15 is 0 Å². The Morgan fingerprint density at radius 1 is 1.03 bits per heavy atom. The second-order valence-electron chi connectivity index (χ2n) is 9.31. The second kappa shape index (κ2) is 11.0. The Morgan fingerprint density at radius 3 is 2.48 bits per heavy atom. The van der Waals surface area contributed by atoms with E-state index in [1.807, 2.05) is 16.7 Å². The highest BCUT2D eigenvalue weighted by molar-refractivity contribution is 5.75. The van der Waals surface area contributed by atoms with Gasteiger partial charge in [0.15, 0.2) is 0 Å². The summed E-state index contributed by atoms with van der Waals surface area (Å²) in [7, 11) is 0. The minimum absolute atomic E-state index is 0.0515. The number of halogens is 2. The Labute approximate surface area is 195 Å². The van der Waals surface area contributed by atoms with E-state index in [2.05, 4.69) is 40.5 Å². The predicted molar refractivity (Wildman–Crippen MR) is 127 cm³/mol. The average molecular weight is 457 g/mol. The molecule has 2 saturated heterocycles. The van der Waals surface area contributed by atoms with Crippen LogP contribution in [-0.4, -0.2) is 61.1 Å². The first kappa shape index (κ1) is 23.5. The highest BCUT2D eigenvalue weighted by Gasteiger charge is 2.29. The number of benzene rings is 2. The summed E-state index contributed by atoms with van der Waals surface area (Å²) in [6.45, 7) is 7.43. The number of nitrogens with zero attached hydrogens (tertiary/aromatic N) is 3. The first-order valence-electron chi connectivity index (χ1n) is 12.0. The Morgan fingerprint density at radius 2 is 1.79 bits per heavy atom. The van der Waals surface area contributed by atoms with Crippen LogP contribution in [0.15, 0.2) is 48.5 Å². The first-order chi connectivity index (χ1) is 16.0. The molecule has 2 aliphatic heterocycles. The smallest absolute Gasteiger partial charge is 0.317 e. The Bertz CT molecular complexity index is 918. The molecule has 2 heterocycles. The van der Waals surface area contributed by atoms with Crippen molar-refractivity contribution in [2.75, 3.05) is 44.2 Å². The van der Waals surface area contributed by atoms with Crippen LogP contribution in [0.3, 0.4) is 0 Å². The summed E-state index contributed by atoms with van der Waals surface area (Å²) in [6.07, 6.45) is 3.34. The average Bonchev–Trinajstić information content (AvgIpc) is 2.81. The fraction of sp³-hybridized carbons (Fsp3) is 0.500. The Balaban J connectivity index is 1.16. The van der Waals surface area contributed by atoms with Crippen molar-refractivity contribution in [2.24, 2.45) is 5.92 Å². The second-order valence-corrected chi connectivity index (χ2v) is 9.31. The van der Waals surface area contributed by atoms with Crippen LogP contribution in [0.25, 0.3) is 0 Å². The van der Waals surface area contributed by atoms with Gasteiger partial charge in [-0.25, -0.2) is 13.6 Å². The molecule has 2 aromatic rings. The molecule has 33 heavy (non-hydrogen) atoms. The summed E-state index contributed by atoms with van der Waals surface area (Å²) < 4.78 is 27.3. The van der Waals surface area contributed by atoms with Crippen molar-refractivity contribution in [2.45, 2.75) is 38.8 Å². The fourth-order valence-electron chi connectivity index (χ4n) is 4.98. The van der Waals surface area contributed by atoms with Gasteiger partial charge in [0.05, 0.1) is 5.69 Å². The summed E-state index contributed by atoms with van der Waals surface area (Å²) in [5.41, 5.74) is 1.75. The van der Waals surface area contributed by atoms with Crippen LogP contribution >= 0.6 is 0 Å². The standard InChI is InChI=1S/C26H34F2N4O/c1-20-18-31(25-8-7-23(27)17-24(25)28)15-16-32(20)26(33)29-12-9-21-10-13-30(14-11-21)19-22-5-3-2-4-6-22/h2-8,17,20-21H,9-16,18-19H2,1H3,(H,29,33)/t20-/m1/s1. The Hall–Kier alpha value is -2.67. The van der Waals surface area contributed by atoms with Gasteiger partial charge in [-0.3, -0.25) is 4.90 Å². The molecule has 1 atom stereocenters. The molecule has 7 heteroatoms. The molecule has 0 unspecified atom stereocenters. The third-order valence-electron chi connectivity index (χ3n) is 6.92. The van der Waals surface area contributed by atoms with Gasteiger partial charge < -0.3 is 15.1 Å². The highest BCUT2D eigenvalue weighted by Crippen LogP contribution is 2.24. The van der Waals surface area contributed by atoms with Crippen LogP contribution < -0.4 is 10.2 Å². The molecule has 0 aliphatic carbocycles. The monoisotopic (exact) mass is 456 g/mol. The summed E-state index contributed by atoms with van der Waals surface area (Å²) in [4.78, 5) is 18.9. The normalized spacial score (nSPS) is 20.2. The molecule has 2 fully saturated rings. The van der Waals surface area contributed by atoms with E-state index in [-0.39, 0.29) is 12.1 Å². The molecule has 0 bridgehead atoms. The van der Waals surface area contributed by atoms with Gasteiger partial charge in [-0.05, 0) is 62.9 Å². The van der Waals surface area contributed by atoms with Gasteiger partial charge in [0.25, 0.3) is 0 Å². The number of piperidine rings is 1. The van der Waals surface area contributed by atoms with Crippen molar-refractivity contribution in [3.63, 3.8) is 0 Å². The molecular formula is C26H34F2N4O. The van der Waals surface area contributed by atoms with Crippen molar-refractivity contribution in [1.29, 1.82) is 0 Å². The summed E-state index contributed by atoms with van der Waals surface area (Å²) >= 11 is 0. The van der Waals surface area contributed by atoms with Crippen LogP contribution in [0.2, 0.25) is 0 Å². The molecule has 1 N–H and O–H groups in total.